The number of methoxy groups -OCH3 is 1. The number of carbonyl (C=O) groups is 3. The number of rotatable bonds is 8. The molecule has 1 saturated heterocycles. The second-order valence-electron chi connectivity index (χ2n) is 10.7. The highest BCUT2D eigenvalue weighted by Gasteiger charge is 2.52. The molecule has 200 valence electrons. The van der Waals surface area contributed by atoms with Gasteiger partial charge in [-0.1, -0.05) is 74.9 Å². The van der Waals surface area contributed by atoms with Gasteiger partial charge in [0.1, 0.15) is 23.3 Å². The SMILES string of the molecule is CCC(C)[C@H](NC(=O)OC(C)(C)C)C(=O)N1C[C@](OC)(c2ccc(-c3ccccc3)cc2)C[C@H]1C(=O)O. The van der Waals surface area contributed by atoms with E-state index in [2.05, 4.69) is 5.32 Å². The van der Waals surface area contributed by atoms with Crippen LogP contribution in [-0.2, 0) is 24.7 Å². The third-order valence-electron chi connectivity index (χ3n) is 6.95. The maximum atomic E-state index is 13.8. The van der Waals surface area contributed by atoms with Gasteiger partial charge < -0.3 is 24.8 Å². The topological polar surface area (TPSA) is 105 Å². The smallest absolute Gasteiger partial charge is 0.408 e. The molecular weight excluding hydrogens is 472 g/mol. The van der Waals surface area contributed by atoms with E-state index >= 15 is 0 Å². The monoisotopic (exact) mass is 510 g/mol. The maximum Gasteiger partial charge on any atom is 0.408 e. The lowest BCUT2D eigenvalue weighted by Gasteiger charge is -2.32. The number of amides is 2. The molecule has 8 heteroatoms. The van der Waals surface area contributed by atoms with Gasteiger partial charge in [-0.15, -0.1) is 0 Å². The van der Waals surface area contributed by atoms with Crippen LogP contribution in [0.1, 0.15) is 53.0 Å². The van der Waals surface area contributed by atoms with E-state index in [-0.39, 0.29) is 18.9 Å². The normalized spacial score (nSPS) is 21.2. The van der Waals surface area contributed by atoms with Gasteiger partial charge in [0, 0.05) is 13.5 Å². The van der Waals surface area contributed by atoms with Crippen LogP contribution in [0.15, 0.2) is 54.6 Å². The number of aliphatic carboxylic acids is 1. The number of alkyl carbamates (subject to hydrolysis) is 1. The molecule has 2 aromatic rings. The summed E-state index contributed by atoms with van der Waals surface area (Å²) in [6.07, 6.45) is -0.0185. The van der Waals surface area contributed by atoms with E-state index in [1.165, 1.54) is 12.0 Å². The van der Waals surface area contributed by atoms with E-state index in [1.807, 2.05) is 68.4 Å². The molecule has 0 aliphatic carbocycles. The molecule has 0 radical (unpaired) electrons. The van der Waals surface area contributed by atoms with Gasteiger partial charge in [0.05, 0.1) is 6.54 Å². The zero-order valence-electron chi connectivity index (χ0n) is 22.5. The summed E-state index contributed by atoms with van der Waals surface area (Å²) in [5, 5.41) is 12.7. The third-order valence-corrected chi connectivity index (χ3v) is 6.95. The molecule has 2 amide bonds. The van der Waals surface area contributed by atoms with Crippen molar-refractivity contribution >= 4 is 18.0 Å². The van der Waals surface area contributed by atoms with Gasteiger partial charge >= 0.3 is 12.1 Å². The number of likely N-dealkylation sites (tertiary alicyclic amines) is 1. The van der Waals surface area contributed by atoms with E-state index in [9.17, 15) is 19.5 Å². The van der Waals surface area contributed by atoms with Crippen LogP contribution in [0.4, 0.5) is 4.79 Å². The maximum absolute atomic E-state index is 13.8. The second-order valence-corrected chi connectivity index (χ2v) is 10.7. The lowest BCUT2D eigenvalue weighted by atomic mass is 9.89. The number of nitrogens with zero attached hydrogens (tertiary/aromatic N) is 1. The standard InChI is InChI=1S/C29H38N2O6/c1-7-19(2)24(30-27(35)37-28(3,4)5)25(32)31-18-29(36-6,17-23(31)26(33)34)22-15-13-21(14-16-22)20-11-9-8-10-12-20/h8-16,19,23-24H,7,17-18H2,1-6H3,(H,30,35)(H,33,34)/t19?,23-,24-,29-/m0/s1. The third kappa shape index (κ3) is 6.49. The van der Waals surface area contributed by atoms with Crippen molar-refractivity contribution in [2.24, 2.45) is 5.92 Å². The van der Waals surface area contributed by atoms with Gasteiger partial charge in [-0.2, -0.15) is 0 Å². The minimum absolute atomic E-state index is 0.0485. The predicted molar refractivity (Wildman–Crippen MR) is 141 cm³/mol. The van der Waals surface area contributed by atoms with Crippen LogP contribution in [0.25, 0.3) is 11.1 Å². The fourth-order valence-electron chi connectivity index (χ4n) is 4.69. The first-order valence-electron chi connectivity index (χ1n) is 12.6. The Hall–Kier alpha value is -3.39. The number of carbonyl (C=O) groups excluding carboxylic acids is 2. The van der Waals surface area contributed by atoms with Gasteiger partial charge in [0.2, 0.25) is 5.91 Å². The highest BCUT2D eigenvalue weighted by atomic mass is 16.6. The molecule has 37 heavy (non-hydrogen) atoms. The Morgan fingerprint density at radius 2 is 1.68 bits per heavy atom. The van der Waals surface area contributed by atoms with Crippen molar-refractivity contribution in [1.82, 2.24) is 10.2 Å². The molecule has 0 bridgehead atoms. The van der Waals surface area contributed by atoms with Gasteiger partial charge in [-0.25, -0.2) is 9.59 Å². The lowest BCUT2D eigenvalue weighted by Crippen LogP contribution is -2.55. The van der Waals surface area contributed by atoms with Crippen LogP contribution < -0.4 is 5.32 Å². The van der Waals surface area contributed by atoms with Gasteiger partial charge in [-0.3, -0.25) is 4.79 Å². The zero-order valence-corrected chi connectivity index (χ0v) is 22.5. The number of hydrogen-bond acceptors (Lipinski definition) is 5. The van der Waals surface area contributed by atoms with Gasteiger partial charge in [0.25, 0.3) is 0 Å². The van der Waals surface area contributed by atoms with E-state index in [0.29, 0.717) is 6.42 Å². The number of ether oxygens (including phenoxy) is 2. The van der Waals surface area contributed by atoms with Crippen LogP contribution in [0.3, 0.4) is 0 Å². The van der Waals surface area contributed by atoms with Crippen LogP contribution in [-0.4, -0.2) is 59.3 Å². The zero-order chi connectivity index (χ0) is 27.4. The molecule has 0 aromatic heterocycles. The summed E-state index contributed by atoms with van der Waals surface area (Å²) < 4.78 is 11.3. The Morgan fingerprint density at radius 1 is 1.08 bits per heavy atom. The summed E-state index contributed by atoms with van der Waals surface area (Å²) in [5.41, 5.74) is 1.14. The Kier molecular flexibility index (Phi) is 8.64. The highest BCUT2D eigenvalue weighted by Crippen LogP contribution is 2.40. The fraction of sp³-hybridized carbons (Fsp3) is 0.483. The largest absolute Gasteiger partial charge is 0.480 e. The highest BCUT2D eigenvalue weighted by molar-refractivity contribution is 5.90. The number of carboxylic acids is 1. The Morgan fingerprint density at radius 3 is 2.19 bits per heavy atom. The molecule has 1 aliphatic rings. The minimum atomic E-state index is -1.12. The van der Waals surface area contributed by atoms with Crippen molar-refractivity contribution in [3.05, 3.63) is 60.2 Å². The van der Waals surface area contributed by atoms with Gasteiger partial charge in [0.15, 0.2) is 0 Å². The van der Waals surface area contributed by atoms with Gasteiger partial charge in [-0.05, 0) is 43.4 Å². The molecule has 2 N–H and O–H groups in total. The van der Waals surface area contributed by atoms with E-state index in [4.69, 9.17) is 9.47 Å². The molecule has 1 unspecified atom stereocenters. The quantitative estimate of drug-likeness (QED) is 0.528. The van der Waals surface area contributed by atoms with Crippen LogP contribution in [0, 0.1) is 5.92 Å². The van der Waals surface area contributed by atoms with Crippen LogP contribution in [0.5, 0.6) is 0 Å². The number of carboxylic acid groups (broad SMARTS) is 1. The Balaban J connectivity index is 1.90. The summed E-state index contributed by atoms with van der Waals surface area (Å²) in [7, 11) is 1.53. The molecule has 1 heterocycles. The summed E-state index contributed by atoms with van der Waals surface area (Å²) in [5.74, 6) is -1.82. The number of benzene rings is 2. The first-order valence-corrected chi connectivity index (χ1v) is 12.6. The summed E-state index contributed by atoms with van der Waals surface area (Å²) in [6, 6.07) is 15.7. The van der Waals surface area contributed by atoms with Crippen LogP contribution >= 0.6 is 0 Å². The molecular formula is C29H38N2O6. The molecule has 8 nitrogen and oxygen atoms in total. The van der Waals surface area contributed by atoms with E-state index in [0.717, 1.165) is 16.7 Å². The first-order chi connectivity index (χ1) is 17.4. The molecule has 3 rings (SSSR count). The van der Waals surface area contributed by atoms with Crippen molar-refractivity contribution in [2.45, 2.75) is 70.7 Å². The van der Waals surface area contributed by atoms with Crippen molar-refractivity contribution in [3.63, 3.8) is 0 Å². The van der Waals surface area contributed by atoms with Crippen molar-refractivity contribution in [3.8, 4) is 11.1 Å². The van der Waals surface area contributed by atoms with E-state index in [1.54, 1.807) is 20.8 Å². The molecule has 0 spiro atoms. The van der Waals surface area contributed by atoms with Crippen molar-refractivity contribution in [2.75, 3.05) is 13.7 Å². The molecule has 0 saturated carbocycles. The predicted octanol–water partition coefficient (Wildman–Crippen LogP) is 4.82. The average Bonchev–Trinajstić information content (AvgIpc) is 3.28. The molecule has 1 fully saturated rings. The Bertz CT molecular complexity index is 1100. The number of hydrogen-bond donors (Lipinski definition) is 2. The lowest BCUT2D eigenvalue weighted by molar-refractivity contribution is -0.149. The number of nitrogens with one attached hydrogen (secondary N) is 1. The average molecular weight is 511 g/mol. The summed E-state index contributed by atoms with van der Waals surface area (Å²) >= 11 is 0. The van der Waals surface area contributed by atoms with Crippen LogP contribution in [0.2, 0.25) is 0 Å². The molecule has 4 atom stereocenters. The summed E-state index contributed by atoms with van der Waals surface area (Å²) in [4.78, 5) is 39.9. The Labute approximate surface area is 219 Å². The van der Waals surface area contributed by atoms with Crippen molar-refractivity contribution < 1.29 is 29.0 Å². The van der Waals surface area contributed by atoms with E-state index < -0.39 is 41.3 Å². The first kappa shape index (κ1) is 28.2. The summed E-state index contributed by atoms with van der Waals surface area (Å²) in [6.45, 7) is 9.02. The molecule has 1 aliphatic heterocycles. The second kappa shape index (κ2) is 11.3. The fourth-order valence-corrected chi connectivity index (χ4v) is 4.69. The minimum Gasteiger partial charge on any atom is -0.480 e. The molecule has 2 aromatic carbocycles. The van der Waals surface area contributed by atoms with Crippen molar-refractivity contribution in [1.29, 1.82) is 0 Å².